The van der Waals surface area contributed by atoms with Crippen LogP contribution in [0, 0.1) is 17.1 Å². The number of fused-ring (bicyclic) bond motifs is 1. The number of carbonyl (C=O) groups is 1. The second-order valence-electron chi connectivity index (χ2n) is 9.47. The van der Waals surface area contributed by atoms with Crippen molar-refractivity contribution in [3.05, 3.63) is 101 Å². The number of azo groups is 1. The molecule has 0 unspecified atom stereocenters. The van der Waals surface area contributed by atoms with E-state index in [-0.39, 0.29) is 34.1 Å². The van der Waals surface area contributed by atoms with Crippen LogP contribution in [0.4, 0.5) is 15.8 Å². The van der Waals surface area contributed by atoms with E-state index in [2.05, 4.69) is 30.1 Å². The molecule has 0 saturated heterocycles. The highest BCUT2D eigenvalue weighted by molar-refractivity contribution is 5.97. The maximum atomic E-state index is 13.9. The second kappa shape index (κ2) is 10.3. The van der Waals surface area contributed by atoms with Gasteiger partial charge in [0, 0.05) is 16.6 Å². The Kier molecular flexibility index (Phi) is 6.76. The second-order valence-corrected chi connectivity index (χ2v) is 9.47. The van der Waals surface area contributed by atoms with Crippen molar-refractivity contribution in [3.63, 3.8) is 0 Å². The number of aromatic nitrogens is 1. The molecule has 0 spiro atoms. The lowest BCUT2D eigenvalue weighted by atomic mass is 10.0. The van der Waals surface area contributed by atoms with Crippen molar-refractivity contribution in [3.8, 4) is 34.5 Å². The summed E-state index contributed by atoms with van der Waals surface area (Å²) in [6.45, 7) is 4.17. The van der Waals surface area contributed by atoms with Crippen LogP contribution >= 0.6 is 0 Å². The minimum absolute atomic E-state index is 0.0499. The molecule has 0 amide bonds. The average molecular weight is 535 g/mol. The number of phenols is 1. The number of hydrogen-bond donors (Lipinski definition) is 3. The third-order valence-corrected chi connectivity index (χ3v) is 6.64. The Bertz CT molecular complexity index is 1850. The van der Waals surface area contributed by atoms with E-state index < -0.39 is 17.3 Å². The highest BCUT2D eigenvalue weighted by atomic mass is 19.1. The summed E-state index contributed by atoms with van der Waals surface area (Å²) in [6, 6.07) is 22.9. The number of phenolic OH excluding ortho intramolecular Hbond substituents is 1. The third-order valence-electron chi connectivity index (χ3n) is 6.64. The molecule has 0 aliphatic carbocycles. The van der Waals surface area contributed by atoms with E-state index in [1.165, 1.54) is 12.1 Å². The molecule has 9 heteroatoms. The molecule has 3 N–H and O–H groups in total. The van der Waals surface area contributed by atoms with Gasteiger partial charge in [0.05, 0.1) is 22.7 Å². The van der Waals surface area contributed by atoms with Crippen molar-refractivity contribution < 1.29 is 24.5 Å². The van der Waals surface area contributed by atoms with Gasteiger partial charge in [0.25, 0.3) is 0 Å². The fourth-order valence-corrected chi connectivity index (χ4v) is 4.50. The average Bonchev–Trinajstić information content (AvgIpc) is 3.22. The maximum Gasteiger partial charge on any atom is 0.338 e. The Hall–Kier alpha value is -5.49. The summed E-state index contributed by atoms with van der Waals surface area (Å²) < 4.78 is 15.5. The molecule has 8 nitrogen and oxygen atoms in total. The molecule has 0 fully saturated rings. The standard InChI is InChI=1S/C31H23FN4O4/c1-17(2)19-7-10-21(11-8-19)36-27-14-18(16-33)6-12-23(27)28(30(36)38)35-34-26-5-3-4-22(29(26)37)20-9-13-25(32)24(15-20)31(39)40/h3-15,17,37-38H,1-2H3,(H,39,40). The summed E-state index contributed by atoms with van der Waals surface area (Å²) in [5, 5.41) is 49.9. The summed E-state index contributed by atoms with van der Waals surface area (Å²) in [6.07, 6.45) is 0. The van der Waals surface area contributed by atoms with E-state index in [0.717, 1.165) is 17.7 Å². The highest BCUT2D eigenvalue weighted by Crippen LogP contribution is 2.44. The van der Waals surface area contributed by atoms with Crippen LogP contribution in [0.15, 0.2) is 89.1 Å². The summed E-state index contributed by atoms with van der Waals surface area (Å²) in [5.74, 6) is -2.50. The number of aromatic carboxylic acids is 1. The fraction of sp³-hybridized carbons (Fsp3) is 0.0968. The lowest BCUT2D eigenvalue weighted by Crippen LogP contribution is -2.00. The van der Waals surface area contributed by atoms with Gasteiger partial charge < -0.3 is 15.3 Å². The van der Waals surface area contributed by atoms with E-state index in [1.54, 1.807) is 34.9 Å². The van der Waals surface area contributed by atoms with E-state index >= 15 is 0 Å². The topological polar surface area (TPSA) is 131 Å². The van der Waals surface area contributed by atoms with E-state index in [0.29, 0.717) is 28.1 Å². The van der Waals surface area contributed by atoms with Crippen molar-refractivity contribution in [1.29, 1.82) is 5.26 Å². The number of hydrogen-bond acceptors (Lipinski definition) is 6. The van der Waals surface area contributed by atoms with Crippen LogP contribution in [0.5, 0.6) is 11.6 Å². The molecule has 4 aromatic carbocycles. The van der Waals surface area contributed by atoms with Gasteiger partial charge in [-0.3, -0.25) is 4.57 Å². The van der Waals surface area contributed by atoms with Crippen molar-refractivity contribution in [1.82, 2.24) is 4.57 Å². The van der Waals surface area contributed by atoms with Crippen LogP contribution in [0.25, 0.3) is 27.7 Å². The maximum absolute atomic E-state index is 13.9. The quantitative estimate of drug-likeness (QED) is 0.190. The Balaban J connectivity index is 1.61. The Morgan fingerprint density at radius 2 is 1.73 bits per heavy atom. The highest BCUT2D eigenvalue weighted by Gasteiger charge is 2.20. The van der Waals surface area contributed by atoms with Gasteiger partial charge in [-0.25, -0.2) is 9.18 Å². The number of benzene rings is 4. The van der Waals surface area contributed by atoms with E-state index in [4.69, 9.17) is 0 Å². The van der Waals surface area contributed by atoms with Crippen LogP contribution in [-0.4, -0.2) is 25.9 Å². The van der Waals surface area contributed by atoms with E-state index in [9.17, 15) is 29.8 Å². The molecule has 1 aromatic heterocycles. The van der Waals surface area contributed by atoms with Crippen LogP contribution in [0.3, 0.4) is 0 Å². The van der Waals surface area contributed by atoms with Gasteiger partial charge >= 0.3 is 5.97 Å². The number of nitrogens with zero attached hydrogens (tertiary/aromatic N) is 4. The summed E-state index contributed by atoms with van der Waals surface area (Å²) >= 11 is 0. The first-order valence-corrected chi connectivity index (χ1v) is 12.3. The molecular weight excluding hydrogens is 511 g/mol. The number of carboxylic acid groups (broad SMARTS) is 1. The Morgan fingerprint density at radius 1 is 0.975 bits per heavy atom. The van der Waals surface area contributed by atoms with Crippen molar-refractivity contribution in [2.75, 3.05) is 0 Å². The van der Waals surface area contributed by atoms with Crippen molar-refractivity contribution >= 4 is 28.2 Å². The van der Waals surface area contributed by atoms with E-state index in [1.807, 2.05) is 24.3 Å². The first-order chi connectivity index (χ1) is 19.2. The molecule has 0 radical (unpaired) electrons. The number of halogens is 1. The zero-order valence-electron chi connectivity index (χ0n) is 21.5. The van der Waals surface area contributed by atoms with Crippen LogP contribution < -0.4 is 0 Å². The Labute approximate surface area is 228 Å². The predicted molar refractivity (Wildman–Crippen MR) is 148 cm³/mol. The lowest BCUT2D eigenvalue weighted by Gasteiger charge is -2.10. The molecule has 5 rings (SSSR count). The summed E-state index contributed by atoms with van der Waals surface area (Å²) in [7, 11) is 0. The number of para-hydroxylation sites is 1. The summed E-state index contributed by atoms with van der Waals surface area (Å²) in [5.41, 5.74) is 2.91. The first kappa shape index (κ1) is 26.1. The fourth-order valence-electron chi connectivity index (χ4n) is 4.50. The molecular formula is C31H23FN4O4. The molecule has 0 atom stereocenters. The number of aromatic hydroxyl groups is 2. The SMILES string of the molecule is CC(C)c1ccc(-n2c(O)c(N=Nc3cccc(-c4ccc(F)c(C(=O)O)c4)c3O)c3ccc(C#N)cc32)cc1. The molecule has 0 aliphatic heterocycles. The predicted octanol–water partition coefficient (Wildman–Crippen LogP) is 7.96. The normalized spacial score (nSPS) is 11.4. The minimum Gasteiger partial charge on any atom is -0.505 e. The van der Waals surface area contributed by atoms with Gasteiger partial charge in [0.1, 0.15) is 11.5 Å². The largest absolute Gasteiger partial charge is 0.505 e. The molecule has 0 aliphatic rings. The number of nitriles is 1. The van der Waals surface area contributed by atoms with Crippen molar-refractivity contribution in [2.24, 2.45) is 10.2 Å². The molecule has 0 saturated carbocycles. The number of carboxylic acids is 1. The van der Waals surface area contributed by atoms with Gasteiger partial charge in [-0.05, 0) is 65.6 Å². The summed E-state index contributed by atoms with van der Waals surface area (Å²) in [4.78, 5) is 11.4. The first-order valence-electron chi connectivity index (χ1n) is 12.3. The van der Waals surface area contributed by atoms with Gasteiger partial charge in [-0.1, -0.05) is 44.2 Å². The Morgan fingerprint density at radius 3 is 2.40 bits per heavy atom. The number of rotatable bonds is 6. The van der Waals surface area contributed by atoms with Crippen LogP contribution in [-0.2, 0) is 0 Å². The van der Waals surface area contributed by atoms with Crippen LogP contribution in [0.2, 0.25) is 0 Å². The molecule has 0 bridgehead atoms. The molecule has 40 heavy (non-hydrogen) atoms. The third kappa shape index (κ3) is 4.63. The molecule has 1 heterocycles. The van der Waals surface area contributed by atoms with Gasteiger partial charge in [0.15, 0.2) is 11.4 Å². The minimum atomic E-state index is -1.43. The molecule has 5 aromatic rings. The van der Waals surface area contributed by atoms with Gasteiger partial charge in [0.2, 0.25) is 5.88 Å². The lowest BCUT2D eigenvalue weighted by molar-refractivity contribution is 0.0692. The molecule has 198 valence electrons. The van der Waals surface area contributed by atoms with Crippen LogP contribution in [0.1, 0.15) is 41.3 Å². The van der Waals surface area contributed by atoms with Gasteiger partial charge in [-0.2, -0.15) is 5.26 Å². The monoisotopic (exact) mass is 534 g/mol. The smallest absolute Gasteiger partial charge is 0.338 e. The zero-order valence-corrected chi connectivity index (χ0v) is 21.5. The zero-order chi connectivity index (χ0) is 28.6. The van der Waals surface area contributed by atoms with Crippen molar-refractivity contribution in [2.45, 2.75) is 19.8 Å². The van der Waals surface area contributed by atoms with Gasteiger partial charge in [-0.15, -0.1) is 10.2 Å².